The van der Waals surface area contributed by atoms with Crippen LogP contribution in [0.4, 0.5) is 0 Å². The molecule has 0 fully saturated rings. The van der Waals surface area contributed by atoms with Crippen LogP contribution in [-0.4, -0.2) is 10.7 Å². The van der Waals surface area contributed by atoms with Gasteiger partial charge in [0.25, 0.3) is 0 Å². The summed E-state index contributed by atoms with van der Waals surface area (Å²) in [5.74, 6) is 0. The summed E-state index contributed by atoms with van der Waals surface area (Å²) in [7, 11) is 0. The molecule has 0 bridgehead atoms. The topological polar surface area (TPSA) is 20.2 Å². The van der Waals surface area contributed by atoms with Crippen molar-refractivity contribution in [1.82, 2.24) is 0 Å². The Balaban J connectivity index is 0. The summed E-state index contributed by atoms with van der Waals surface area (Å²) in [4.78, 5) is 0. The molecular weight excluding hydrogens is 468 g/mol. The zero-order valence-corrected chi connectivity index (χ0v) is 12.0. The average molecular weight is 478 g/mol. The normalized spacial score (nSPS) is 9.75. The van der Waals surface area contributed by atoms with Gasteiger partial charge in [0.05, 0.1) is 5.60 Å². The third kappa shape index (κ3) is 69.3. The molecule has 0 aliphatic heterocycles. The fraction of sp³-hybridized carbons (Fsp3) is 1.00. The molecule has 0 rings (SSSR count). The molecule has 0 saturated carbocycles. The fourth-order valence-electron chi connectivity index (χ4n) is 0. The molecule has 1 nitrogen and oxygen atoms in total. The van der Waals surface area contributed by atoms with Gasteiger partial charge in [-0.25, -0.2) is 0 Å². The molecule has 1 N–H and O–H groups in total. The monoisotopic (exact) mass is 480 g/mol. The predicted molar refractivity (Wildman–Crippen MR) is 50.0 cm³/mol. The first-order valence-electron chi connectivity index (χ1n) is 2.03. The molecule has 0 aliphatic rings. The molecule has 0 aromatic heterocycles. The number of halogens is 2. The second-order valence-electron chi connectivity index (χ2n) is 2.23. The molecule has 4 heteroatoms. The van der Waals surface area contributed by atoms with Crippen molar-refractivity contribution in [3.63, 3.8) is 0 Å². The number of hydrogen-bond acceptors (Lipinski definition) is 1. The van der Waals surface area contributed by atoms with E-state index in [0.29, 0.717) is 0 Å². The number of hydrogen-bond donors (Lipinski definition) is 1. The molecular formula is C4H10I2OSm. The second-order valence-corrected chi connectivity index (χ2v) is 21.6. The molecule has 8 heavy (non-hydrogen) atoms. The summed E-state index contributed by atoms with van der Waals surface area (Å²) in [6.07, 6.45) is 0. The van der Waals surface area contributed by atoms with E-state index in [4.69, 9.17) is 5.11 Å². The van der Waals surface area contributed by atoms with Crippen LogP contribution < -0.4 is 0 Å². The van der Waals surface area contributed by atoms with Crippen LogP contribution in [-0.2, 0) is 0 Å². The third-order valence-corrected chi connectivity index (χ3v) is 0. The van der Waals surface area contributed by atoms with E-state index in [1.807, 2.05) is 0 Å². The zero-order valence-electron chi connectivity index (χ0n) is 5.11. The van der Waals surface area contributed by atoms with Crippen LogP contribution in [0.1, 0.15) is 20.8 Å². The van der Waals surface area contributed by atoms with Gasteiger partial charge in [-0.2, -0.15) is 0 Å². The Kier molecular flexibility index (Phi) is 13.1. The van der Waals surface area contributed by atoms with Crippen LogP contribution in [0.25, 0.3) is 0 Å². The fourth-order valence-corrected chi connectivity index (χ4v) is 0. The van der Waals surface area contributed by atoms with Gasteiger partial charge in [0.1, 0.15) is 0 Å². The quantitative estimate of drug-likeness (QED) is 0.531. The Morgan fingerprint density at radius 3 is 1.25 bits per heavy atom. The summed E-state index contributed by atoms with van der Waals surface area (Å²) >= 11 is 5.07. The zero-order chi connectivity index (χ0) is 7.21. The van der Waals surface area contributed by atoms with E-state index >= 15 is 0 Å². The average Bonchev–Trinajstić information content (AvgIpc) is 1.27. The summed E-state index contributed by atoms with van der Waals surface area (Å²) in [6.45, 7) is 5.23. The summed E-state index contributed by atoms with van der Waals surface area (Å²) in [5, 5.41) is 8.52. The second kappa shape index (κ2) is 7.86. The van der Waals surface area contributed by atoms with Crippen molar-refractivity contribution in [2.24, 2.45) is 0 Å². The first kappa shape index (κ1) is 13.4. The summed E-state index contributed by atoms with van der Waals surface area (Å²) in [5.41, 5.74) is -0.500. The third-order valence-electron chi connectivity index (χ3n) is 0. The van der Waals surface area contributed by atoms with Crippen LogP contribution in [0, 0.1) is 25.5 Å². The van der Waals surface area contributed by atoms with E-state index in [-0.39, 0.29) is 25.5 Å². The maximum absolute atomic E-state index is 8.52. The van der Waals surface area contributed by atoms with Crippen molar-refractivity contribution in [2.75, 3.05) is 0 Å². The van der Waals surface area contributed by atoms with Gasteiger partial charge in [0.2, 0.25) is 0 Å². The first-order chi connectivity index (χ1) is 3.41. The van der Waals surface area contributed by atoms with E-state index < -0.39 is 5.60 Å². The van der Waals surface area contributed by atoms with Gasteiger partial charge in [-0.3, -0.25) is 0 Å². The van der Waals surface area contributed by atoms with Crippen LogP contribution in [0.15, 0.2) is 0 Å². The Hall–Kier alpha value is 2.76. The van der Waals surface area contributed by atoms with Crippen LogP contribution in [0.5, 0.6) is 0 Å². The van der Waals surface area contributed by atoms with Crippen molar-refractivity contribution < 1.29 is 30.6 Å². The van der Waals surface area contributed by atoms with Gasteiger partial charge >= 0.3 is 54.0 Å². The molecule has 0 unspecified atom stereocenters. The van der Waals surface area contributed by atoms with E-state index in [1.165, 1.54) is 0 Å². The molecule has 0 spiro atoms. The number of aliphatic hydroxyl groups is 1. The summed E-state index contributed by atoms with van der Waals surface area (Å²) < 4.78 is 0. The molecule has 0 radical (unpaired) electrons. The number of rotatable bonds is 0. The Morgan fingerprint density at radius 2 is 1.25 bits per heavy atom. The summed E-state index contributed by atoms with van der Waals surface area (Å²) in [6, 6.07) is 0. The molecule has 0 heterocycles. The predicted octanol–water partition coefficient (Wildman–Crippen LogP) is 2.55. The van der Waals surface area contributed by atoms with Crippen molar-refractivity contribution in [2.45, 2.75) is 26.4 Å². The molecule has 0 saturated heterocycles. The SMILES string of the molecule is CC(C)(C)O.[I][Sm][I]. The minimum absolute atomic E-state index is 0.190. The van der Waals surface area contributed by atoms with Crippen LogP contribution in [0.3, 0.4) is 0 Å². The Bertz CT molecular complexity index is 37.8. The standard InChI is InChI=1S/C4H10O.2HI.Sm/c1-4(2,3)5;;;/h5H,1-3H3;2*1H;/q;;;+2/p-2. The minimum atomic E-state index is -0.500. The van der Waals surface area contributed by atoms with E-state index in [9.17, 15) is 0 Å². The van der Waals surface area contributed by atoms with Crippen LogP contribution in [0.2, 0.25) is 0 Å². The van der Waals surface area contributed by atoms with Crippen molar-refractivity contribution in [1.29, 1.82) is 0 Å². The van der Waals surface area contributed by atoms with Gasteiger partial charge in [0.15, 0.2) is 0 Å². The van der Waals surface area contributed by atoms with Gasteiger partial charge in [-0.15, -0.1) is 0 Å². The van der Waals surface area contributed by atoms with E-state index in [1.54, 1.807) is 20.8 Å². The van der Waals surface area contributed by atoms with Crippen molar-refractivity contribution in [3.05, 3.63) is 0 Å². The van der Waals surface area contributed by atoms with Crippen molar-refractivity contribution >= 4 is 28.6 Å². The van der Waals surface area contributed by atoms with Crippen molar-refractivity contribution in [3.8, 4) is 0 Å². The van der Waals surface area contributed by atoms with Gasteiger partial charge in [0, 0.05) is 0 Å². The molecule has 0 aliphatic carbocycles. The van der Waals surface area contributed by atoms with Gasteiger partial charge < -0.3 is 5.11 Å². The van der Waals surface area contributed by atoms with Crippen LogP contribution >= 0.6 is 28.6 Å². The first-order valence-corrected chi connectivity index (χ1v) is 17.1. The molecule has 0 aromatic rings. The Morgan fingerprint density at radius 1 is 1.25 bits per heavy atom. The molecule has 52 valence electrons. The molecule has 0 atom stereocenters. The van der Waals surface area contributed by atoms with E-state index in [2.05, 4.69) is 28.6 Å². The molecule has 0 amide bonds. The van der Waals surface area contributed by atoms with Gasteiger partial charge in [-0.05, 0) is 20.8 Å². The van der Waals surface area contributed by atoms with E-state index in [0.717, 1.165) is 0 Å². The maximum atomic E-state index is 8.52. The Labute approximate surface area is 83.2 Å². The molecule has 0 aromatic carbocycles. The van der Waals surface area contributed by atoms with Gasteiger partial charge in [-0.1, -0.05) is 0 Å².